The number of hydrogen-bond acceptors (Lipinski definition) is 3. The van der Waals surface area contributed by atoms with Crippen LogP contribution in [0.3, 0.4) is 0 Å². The molecule has 2 saturated heterocycles. The van der Waals surface area contributed by atoms with Gasteiger partial charge in [-0.15, -0.1) is 0 Å². The van der Waals surface area contributed by atoms with E-state index in [-0.39, 0.29) is 41.1 Å². The number of amides is 2. The highest BCUT2D eigenvalue weighted by atomic mass is 35.5. The van der Waals surface area contributed by atoms with Crippen LogP contribution in [0.4, 0.5) is 8.78 Å². The van der Waals surface area contributed by atoms with E-state index in [2.05, 4.69) is 37.1 Å². The Kier molecular flexibility index (Phi) is 9.80. The van der Waals surface area contributed by atoms with Crippen molar-refractivity contribution in [3.8, 4) is 0 Å². The lowest BCUT2D eigenvalue weighted by Gasteiger charge is -2.46. The van der Waals surface area contributed by atoms with Gasteiger partial charge in [-0.1, -0.05) is 30.7 Å². The van der Waals surface area contributed by atoms with Crippen LogP contribution in [0.5, 0.6) is 0 Å². The fraction of sp³-hybridized carbons (Fsp3) is 0.576. The minimum absolute atomic E-state index is 0.0583. The molecule has 2 amide bonds. The second kappa shape index (κ2) is 12.8. The van der Waals surface area contributed by atoms with E-state index in [4.69, 9.17) is 11.6 Å². The molecule has 0 aromatic heterocycles. The molecule has 4 rings (SSSR count). The summed E-state index contributed by atoms with van der Waals surface area (Å²) in [6, 6.07) is 7.72. The standard InChI is InChI=1S/C33H44ClF2N3O2/c1-7-31(37-21(3)40)27-18-29(34)20(2)16-26(27)22-10-13-38(14-11-22)32(41)25-12-15-39(33(4,5)6)19-28(25)24-9-8-23(35)17-30(24)36/h8-9,16-18,22,25,28,31H,7,10-15,19H2,1-6H3,(H,37,40)/t25-,28+,31?/m1/s1. The van der Waals surface area contributed by atoms with E-state index in [1.54, 1.807) is 0 Å². The summed E-state index contributed by atoms with van der Waals surface area (Å²) in [4.78, 5) is 30.1. The number of benzene rings is 2. The third-order valence-electron chi connectivity index (χ3n) is 9.01. The third kappa shape index (κ3) is 7.11. The number of piperidine rings is 2. The van der Waals surface area contributed by atoms with Gasteiger partial charge in [0.1, 0.15) is 11.6 Å². The van der Waals surface area contributed by atoms with Gasteiger partial charge >= 0.3 is 0 Å². The lowest BCUT2D eigenvalue weighted by Crippen LogP contribution is -2.53. The Morgan fingerprint density at radius 1 is 1.05 bits per heavy atom. The lowest BCUT2D eigenvalue weighted by molar-refractivity contribution is -0.139. The molecule has 2 aliphatic heterocycles. The quantitative estimate of drug-likeness (QED) is 0.391. The zero-order chi connectivity index (χ0) is 30.1. The first kappa shape index (κ1) is 31.4. The van der Waals surface area contributed by atoms with Crippen molar-refractivity contribution in [3.63, 3.8) is 0 Å². The van der Waals surface area contributed by atoms with Crippen molar-refractivity contribution in [2.24, 2.45) is 5.92 Å². The fourth-order valence-electron chi connectivity index (χ4n) is 6.64. The first-order valence-electron chi connectivity index (χ1n) is 14.9. The second-order valence-electron chi connectivity index (χ2n) is 12.8. The maximum Gasteiger partial charge on any atom is 0.226 e. The minimum Gasteiger partial charge on any atom is -0.350 e. The molecule has 0 bridgehead atoms. The number of carbonyl (C=O) groups is 2. The summed E-state index contributed by atoms with van der Waals surface area (Å²) in [5, 5.41) is 3.75. The van der Waals surface area contributed by atoms with Gasteiger partial charge in [-0.05, 0) is 100 Å². The van der Waals surface area contributed by atoms with E-state index < -0.39 is 11.6 Å². The van der Waals surface area contributed by atoms with Gasteiger partial charge in [0.25, 0.3) is 0 Å². The summed E-state index contributed by atoms with van der Waals surface area (Å²) >= 11 is 6.52. The molecule has 1 N–H and O–H groups in total. The Bertz CT molecular complexity index is 1270. The van der Waals surface area contributed by atoms with Gasteiger partial charge in [0.15, 0.2) is 0 Å². The molecule has 3 atom stereocenters. The number of rotatable bonds is 6. The number of halogens is 3. The molecular formula is C33H44ClF2N3O2. The Balaban J connectivity index is 1.54. The van der Waals surface area contributed by atoms with Crippen LogP contribution in [-0.4, -0.2) is 53.3 Å². The number of nitrogens with zero attached hydrogens (tertiary/aromatic N) is 2. The van der Waals surface area contributed by atoms with Crippen molar-refractivity contribution in [3.05, 3.63) is 69.2 Å². The lowest BCUT2D eigenvalue weighted by atomic mass is 9.77. The topological polar surface area (TPSA) is 52.7 Å². The Morgan fingerprint density at radius 3 is 2.32 bits per heavy atom. The Labute approximate surface area is 248 Å². The molecule has 2 aromatic carbocycles. The van der Waals surface area contributed by atoms with Gasteiger partial charge in [0, 0.05) is 55.0 Å². The molecule has 224 valence electrons. The molecule has 0 aliphatic carbocycles. The summed E-state index contributed by atoms with van der Waals surface area (Å²) in [6.07, 6.45) is 2.98. The smallest absolute Gasteiger partial charge is 0.226 e. The highest BCUT2D eigenvalue weighted by molar-refractivity contribution is 6.31. The summed E-state index contributed by atoms with van der Waals surface area (Å²) in [7, 11) is 0. The van der Waals surface area contributed by atoms with E-state index >= 15 is 4.39 Å². The molecule has 0 spiro atoms. The largest absolute Gasteiger partial charge is 0.350 e. The number of aryl methyl sites for hydroxylation is 1. The monoisotopic (exact) mass is 587 g/mol. The molecule has 2 fully saturated rings. The van der Waals surface area contributed by atoms with Gasteiger partial charge in [0.05, 0.1) is 6.04 Å². The van der Waals surface area contributed by atoms with E-state index in [9.17, 15) is 14.0 Å². The molecule has 5 nitrogen and oxygen atoms in total. The fourth-order valence-corrected chi connectivity index (χ4v) is 6.81. The maximum absolute atomic E-state index is 15.0. The van der Waals surface area contributed by atoms with Gasteiger partial charge in [-0.25, -0.2) is 8.78 Å². The number of hydrogen-bond donors (Lipinski definition) is 1. The van der Waals surface area contributed by atoms with Crippen molar-refractivity contribution in [1.82, 2.24) is 15.1 Å². The third-order valence-corrected chi connectivity index (χ3v) is 9.42. The van der Waals surface area contributed by atoms with Crippen LogP contribution < -0.4 is 5.32 Å². The van der Waals surface area contributed by atoms with Crippen molar-refractivity contribution >= 4 is 23.4 Å². The average molecular weight is 588 g/mol. The van der Waals surface area contributed by atoms with Gasteiger partial charge in [-0.3, -0.25) is 14.5 Å². The number of carbonyl (C=O) groups excluding carboxylic acids is 2. The van der Waals surface area contributed by atoms with E-state index in [0.717, 1.165) is 43.0 Å². The molecule has 8 heteroatoms. The van der Waals surface area contributed by atoms with Crippen LogP contribution in [-0.2, 0) is 9.59 Å². The van der Waals surface area contributed by atoms with Gasteiger partial charge in [-0.2, -0.15) is 0 Å². The summed E-state index contributed by atoms with van der Waals surface area (Å²) in [5.41, 5.74) is 3.52. The summed E-state index contributed by atoms with van der Waals surface area (Å²) in [6.45, 7) is 14.5. The zero-order valence-corrected chi connectivity index (χ0v) is 26.0. The Hall–Kier alpha value is -2.51. The van der Waals surface area contributed by atoms with Crippen molar-refractivity contribution in [2.45, 2.75) is 90.6 Å². The minimum atomic E-state index is -0.611. The summed E-state index contributed by atoms with van der Waals surface area (Å²) < 4.78 is 28.8. The van der Waals surface area contributed by atoms with Crippen LogP contribution >= 0.6 is 11.6 Å². The highest BCUT2D eigenvalue weighted by Gasteiger charge is 2.41. The second-order valence-corrected chi connectivity index (χ2v) is 13.2. The van der Waals surface area contributed by atoms with Gasteiger partial charge in [0.2, 0.25) is 11.8 Å². The first-order chi connectivity index (χ1) is 19.3. The van der Waals surface area contributed by atoms with Crippen LogP contribution in [0.25, 0.3) is 0 Å². The van der Waals surface area contributed by atoms with Gasteiger partial charge < -0.3 is 10.2 Å². The van der Waals surface area contributed by atoms with Crippen LogP contribution in [0.15, 0.2) is 30.3 Å². The molecule has 2 aromatic rings. The molecular weight excluding hydrogens is 544 g/mol. The Morgan fingerprint density at radius 2 is 1.73 bits per heavy atom. The maximum atomic E-state index is 15.0. The number of likely N-dealkylation sites (tertiary alicyclic amines) is 2. The molecule has 2 heterocycles. The van der Waals surface area contributed by atoms with Crippen LogP contribution in [0.2, 0.25) is 5.02 Å². The van der Waals surface area contributed by atoms with Crippen molar-refractivity contribution < 1.29 is 18.4 Å². The SMILES string of the molecule is CCC(NC(C)=O)c1cc(Cl)c(C)cc1C1CCN(C(=O)[C@@H]2CCN(C(C)(C)C)C[C@H]2c2ccc(F)cc2F)CC1. The van der Waals surface area contributed by atoms with E-state index in [1.807, 2.05) is 24.8 Å². The van der Waals surface area contributed by atoms with E-state index in [1.165, 1.54) is 24.6 Å². The van der Waals surface area contributed by atoms with Crippen molar-refractivity contribution in [1.29, 1.82) is 0 Å². The van der Waals surface area contributed by atoms with Crippen LogP contribution in [0, 0.1) is 24.5 Å². The number of nitrogens with one attached hydrogen (secondary N) is 1. The molecule has 1 unspecified atom stereocenters. The predicted molar refractivity (Wildman–Crippen MR) is 160 cm³/mol. The average Bonchev–Trinajstić information content (AvgIpc) is 2.92. The normalized spacial score (nSPS) is 21.5. The highest BCUT2D eigenvalue weighted by Crippen LogP contribution is 2.40. The molecule has 41 heavy (non-hydrogen) atoms. The summed E-state index contributed by atoms with van der Waals surface area (Å²) in [5.74, 6) is -1.68. The molecule has 2 aliphatic rings. The molecule has 0 radical (unpaired) electrons. The first-order valence-corrected chi connectivity index (χ1v) is 15.2. The zero-order valence-electron chi connectivity index (χ0n) is 25.2. The van der Waals surface area contributed by atoms with E-state index in [0.29, 0.717) is 36.6 Å². The van der Waals surface area contributed by atoms with Crippen molar-refractivity contribution in [2.75, 3.05) is 26.2 Å². The van der Waals surface area contributed by atoms with Crippen LogP contribution in [0.1, 0.15) is 100 Å². The predicted octanol–water partition coefficient (Wildman–Crippen LogP) is 7.12. The molecule has 0 saturated carbocycles.